The summed E-state index contributed by atoms with van der Waals surface area (Å²) in [5.74, 6) is -0.0810. The fraction of sp³-hybridized carbons (Fsp3) is 0.667. The Morgan fingerprint density at radius 2 is 2.45 bits per heavy atom. The highest BCUT2D eigenvalue weighted by molar-refractivity contribution is 6.05. The van der Waals surface area contributed by atoms with Crippen LogP contribution in [0.1, 0.15) is 13.3 Å². The average Bonchev–Trinajstić information content (AvgIpc) is 1.98. The summed E-state index contributed by atoms with van der Waals surface area (Å²) in [6.45, 7) is 1.67. The maximum Gasteiger partial charge on any atom is 0.201 e. The standard InChI is InChI=1S/C6H11FN4/c1-2-6(7)3-10-5(9)11-4(6)8/h3,5H,2,9H2,1H3,(H2,8,11). The number of rotatable bonds is 1. The molecule has 4 nitrogen and oxygen atoms in total. The van der Waals surface area contributed by atoms with Crippen molar-refractivity contribution in [2.45, 2.75) is 25.3 Å². The predicted molar refractivity (Wildman–Crippen MR) is 42.2 cm³/mol. The molecule has 62 valence electrons. The normalized spacial score (nSPS) is 37.0. The van der Waals surface area contributed by atoms with Gasteiger partial charge in [0.2, 0.25) is 5.67 Å². The molecule has 0 aliphatic carbocycles. The Morgan fingerprint density at radius 1 is 1.82 bits per heavy atom. The van der Waals surface area contributed by atoms with Gasteiger partial charge in [-0.05, 0) is 6.42 Å². The molecule has 2 unspecified atom stereocenters. The number of hydrogen-bond donors (Lipinski definition) is 2. The zero-order chi connectivity index (χ0) is 8.48. The predicted octanol–water partition coefficient (Wildman–Crippen LogP) is -0.211. The molecular formula is C6H11FN4. The molecule has 0 bridgehead atoms. The fourth-order valence-corrected chi connectivity index (χ4v) is 0.816. The molecule has 0 saturated heterocycles. The van der Waals surface area contributed by atoms with E-state index in [1.54, 1.807) is 6.92 Å². The highest BCUT2D eigenvalue weighted by atomic mass is 19.1. The van der Waals surface area contributed by atoms with E-state index in [0.29, 0.717) is 0 Å². The molecule has 0 saturated carbocycles. The zero-order valence-corrected chi connectivity index (χ0v) is 6.29. The number of halogens is 1. The highest BCUT2D eigenvalue weighted by Crippen LogP contribution is 2.16. The molecule has 1 aliphatic heterocycles. The van der Waals surface area contributed by atoms with E-state index in [0.717, 1.165) is 6.21 Å². The minimum Gasteiger partial charge on any atom is -0.384 e. The summed E-state index contributed by atoms with van der Waals surface area (Å²) in [4.78, 5) is 7.22. The van der Waals surface area contributed by atoms with Crippen LogP contribution in [0.3, 0.4) is 0 Å². The monoisotopic (exact) mass is 158 g/mol. The molecule has 1 rings (SSSR count). The van der Waals surface area contributed by atoms with Crippen LogP contribution >= 0.6 is 0 Å². The van der Waals surface area contributed by atoms with Crippen LogP contribution in [-0.2, 0) is 0 Å². The maximum atomic E-state index is 13.4. The van der Waals surface area contributed by atoms with Crippen molar-refractivity contribution in [1.29, 1.82) is 0 Å². The Labute approximate surface area is 64.2 Å². The molecule has 2 atom stereocenters. The van der Waals surface area contributed by atoms with E-state index in [1.165, 1.54) is 0 Å². The van der Waals surface area contributed by atoms with Crippen molar-refractivity contribution in [3.8, 4) is 0 Å². The first-order chi connectivity index (χ1) is 5.08. The molecule has 0 spiro atoms. The van der Waals surface area contributed by atoms with Gasteiger partial charge >= 0.3 is 0 Å². The topological polar surface area (TPSA) is 76.8 Å². The minimum atomic E-state index is -1.68. The lowest BCUT2D eigenvalue weighted by Crippen LogP contribution is -2.45. The van der Waals surface area contributed by atoms with Gasteiger partial charge in [0.05, 0.1) is 0 Å². The SMILES string of the molecule is CCC1(F)C=NC(N)N=C1N. The van der Waals surface area contributed by atoms with Crippen LogP contribution in [0.25, 0.3) is 0 Å². The van der Waals surface area contributed by atoms with Gasteiger partial charge in [-0.3, -0.25) is 10.7 Å². The Bertz CT molecular complexity index is 213. The molecule has 0 aromatic heterocycles. The van der Waals surface area contributed by atoms with Gasteiger partial charge in [0.25, 0.3) is 0 Å². The molecule has 0 amide bonds. The van der Waals surface area contributed by atoms with Crippen LogP contribution in [0.2, 0.25) is 0 Å². The van der Waals surface area contributed by atoms with Crippen LogP contribution in [0.15, 0.2) is 9.98 Å². The van der Waals surface area contributed by atoms with Gasteiger partial charge in [-0.25, -0.2) is 9.38 Å². The number of amidine groups is 1. The van der Waals surface area contributed by atoms with E-state index in [-0.39, 0.29) is 12.3 Å². The van der Waals surface area contributed by atoms with Gasteiger partial charge in [-0.2, -0.15) is 0 Å². The molecule has 0 fully saturated rings. The first-order valence-corrected chi connectivity index (χ1v) is 3.41. The van der Waals surface area contributed by atoms with Crippen molar-refractivity contribution in [3.63, 3.8) is 0 Å². The Morgan fingerprint density at radius 3 is 2.91 bits per heavy atom. The number of nitrogens with zero attached hydrogens (tertiary/aromatic N) is 2. The first kappa shape index (κ1) is 8.13. The summed E-state index contributed by atoms with van der Waals surface area (Å²) in [5.41, 5.74) is 8.90. The van der Waals surface area contributed by atoms with Gasteiger partial charge in [-0.1, -0.05) is 6.92 Å². The van der Waals surface area contributed by atoms with Crippen molar-refractivity contribution in [2.75, 3.05) is 0 Å². The van der Waals surface area contributed by atoms with Crippen LogP contribution in [0.4, 0.5) is 4.39 Å². The third kappa shape index (κ3) is 1.37. The van der Waals surface area contributed by atoms with E-state index in [4.69, 9.17) is 11.5 Å². The Balaban J connectivity index is 2.87. The second-order valence-corrected chi connectivity index (χ2v) is 2.42. The summed E-state index contributed by atoms with van der Waals surface area (Å²) in [7, 11) is 0. The van der Waals surface area contributed by atoms with Crippen molar-refractivity contribution in [2.24, 2.45) is 21.5 Å². The molecule has 4 N–H and O–H groups in total. The van der Waals surface area contributed by atoms with E-state index in [2.05, 4.69) is 9.98 Å². The zero-order valence-electron chi connectivity index (χ0n) is 6.29. The lowest BCUT2D eigenvalue weighted by atomic mass is 10.0. The third-order valence-corrected chi connectivity index (χ3v) is 1.64. The molecule has 0 aromatic rings. The molecule has 0 aromatic carbocycles. The largest absolute Gasteiger partial charge is 0.384 e. The summed E-state index contributed by atoms with van der Waals surface area (Å²) in [6, 6.07) is 0. The Hall–Kier alpha value is -0.970. The van der Waals surface area contributed by atoms with E-state index < -0.39 is 12.0 Å². The van der Waals surface area contributed by atoms with Gasteiger partial charge in [-0.15, -0.1) is 0 Å². The quantitative estimate of drug-likeness (QED) is 0.554. The minimum absolute atomic E-state index is 0.0810. The summed E-state index contributed by atoms with van der Waals surface area (Å²) in [6.07, 6.45) is 0.629. The van der Waals surface area contributed by atoms with E-state index in [1.807, 2.05) is 0 Å². The van der Waals surface area contributed by atoms with Gasteiger partial charge in [0, 0.05) is 6.21 Å². The number of aliphatic imine (C=N–C) groups is 2. The van der Waals surface area contributed by atoms with Crippen LogP contribution in [-0.4, -0.2) is 24.0 Å². The van der Waals surface area contributed by atoms with Gasteiger partial charge < -0.3 is 5.73 Å². The molecular weight excluding hydrogens is 147 g/mol. The smallest absolute Gasteiger partial charge is 0.201 e. The summed E-state index contributed by atoms with van der Waals surface area (Å²) >= 11 is 0. The van der Waals surface area contributed by atoms with Crippen LogP contribution in [0, 0.1) is 0 Å². The Kier molecular flexibility index (Phi) is 1.90. The molecule has 11 heavy (non-hydrogen) atoms. The second-order valence-electron chi connectivity index (χ2n) is 2.42. The summed E-state index contributed by atoms with van der Waals surface area (Å²) < 4.78 is 13.4. The summed E-state index contributed by atoms with van der Waals surface area (Å²) in [5, 5.41) is 0. The molecule has 1 heterocycles. The van der Waals surface area contributed by atoms with Crippen LogP contribution in [0.5, 0.6) is 0 Å². The van der Waals surface area contributed by atoms with Crippen molar-refractivity contribution in [3.05, 3.63) is 0 Å². The molecule has 0 radical (unpaired) electrons. The number of alkyl halides is 1. The van der Waals surface area contributed by atoms with Crippen molar-refractivity contribution >= 4 is 12.1 Å². The average molecular weight is 158 g/mol. The van der Waals surface area contributed by atoms with Gasteiger partial charge in [0.1, 0.15) is 5.84 Å². The molecule has 5 heteroatoms. The maximum absolute atomic E-state index is 13.4. The lowest BCUT2D eigenvalue weighted by Gasteiger charge is -2.22. The van der Waals surface area contributed by atoms with Crippen molar-refractivity contribution in [1.82, 2.24) is 0 Å². The van der Waals surface area contributed by atoms with Crippen LogP contribution < -0.4 is 11.5 Å². The van der Waals surface area contributed by atoms with Gasteiger partial charge in [0.15, 0.2) is 6.29 Å². The van der Waals surface area contributed by atoms with E-state index in [9.17, 15) is 4.39 Å². The van der Waals surface area contributed by atoms with E-state index >= 15 is 0 Å². The van der Waals surface area contributed by atoms with Crippen molar-refractivity contribution < 1.29 is 4.39 Å². The second kappa shape index (κ2) is 2.58. The number of hydrogen-bond acceptors (Lipinski definition) is 4. The fourth-order valence-electron chi connectivity index (χ4n) is 0.816. The molecule has 1 aliphatic rings. The third-order valence-electron chi connectivity index (χ3n) is 1.64. The number of nitrogens with two attached hydrogens (primary N) is 2. The first-order valence-electron chi connectivity index (χ1n) is 3.41. The lowest BCUT2D eigenvalue weighted by molar-refractivity contribution is 0.337. The highest BCUT2D eigenvalue weighted by Gasteiger charge is 2.33.